The van der Waals surface area contributed by atoms with E-state index in [-0.39, 0.29) is 5.25 Å². The van der Waals surface area contributed by atoms with E-state index in [9.17, 15) is 5.11 Å². The molecule has 0 aliphatic carbocycles. The van der Waals surface area contributed by atoms with Gasteiger partial charge in [0, 0.05) is 16.6 Å². The Bertz CT molecular complexity index is 750. The van der Waals surface area contributed by atoms with Gasteiger partial charge in [-0.05, 0) is 30.5 Å². The molecular weight excluding hydrogens is 384 g/mol. The van der Waals surface area contributed by atoms with Crippen molar-refractivity contribution in [2.24, 2.45) is 4.99 Å². The summed E-state index contributed by atoms with van der Waals surface area (Å²) >= 11 is 5.20. The molecule has 0 aromatic heterocycles. The second-order valence-electron chi connectivity index (χ2n) is 6.18. The minimum absolute atomic E-state index is 0.0814. The molecular formula is C19H19BrN2OS. The maximum atomic E-state index is 11.7. The molecule has 2 unspecified atom stereocenters. The highest BCUT2D eigenvalue weighted by Gasteiger charge is 2.53. The monoisotopic (exact) mass is 402 g/mol. The van der Waals surface area contributed by atoms with E-state index in [4.69, 9.17) is 0 Å². The lowest BCUT2D eigenvalue weighted by atomic mass is 9.93. The topological polar surface area (TPSA) is 35.8 Å². The fourth-order valence-electron chi connectivity index (χ4n) is 3.47. The van der Waals surface area contributed by atoms with Crippen molar-refractivity contribution >= 4 is 32.9 Å². The second-order valence-corrected chi connectivity index (χ2v) is 8.27. The third kappa shape index (κ3) is 2.79. The number of thioether (sulfide) groups is 1. The molecule has 5 heteroatoms. The van der Waals surface area contributed by atoms with Crippen LogP contribution in [0.2, 0.25) is 0 Å². The van der Waals surface area contributed by atoms with Crippen LogP contribution in [0.5, 0.6) is 0 Å². The molecule has 3 nitrogen and oxygen atoms in total. The van der Waals surface area contributed by atoms with E-state index in [2.05, 4.69) is 50.1 Å². The molecule has 0 bridgehead atoms. The summed E-state index contributed by atoms with van der Waals surface area (Å²) in [5.74, 6) is 0. The van der Waals surface area contributed by atoms with Crippen molar-refractivity contribution < 1.29 is 5.11 Å². The SMILES string of the molecule is OC1(c2ccc(Br)cc2)C(CCc2ccccc2)SC2=NCCN21. The molecule has 0 radical (unpaired) electrons. The third-order valence-electron chi connectivity index (χ3n) is 4.72. The van der Waals surface area contributed by atoms with Gasteiger partial charge in [-0.25, -0.2) is 0 Å². The lowest BCUT2D eigenvalue weighted by Gasteiger charge is -2.36. The van der Waals surface area contributed by atoms with E-state index in [0.29, 0.717) is 0 Å². The van der Waals surface area contributed by atoms with Gasteiger partial charge in [-0.2, -0.15) is 0 Å². The van der Waals surface area contributed by atoms with Gasteiger partial charge in [-0.1, -0.05) is 70.2 Å². The van der Waals surface area contributed by atoms with Crippen LogP contribution in [0.15, 0.2) is 64.1 Å². The zero-order chi connectivity index (χ0) is 16.6. The normalized spacial score (nSPS) is 25.7. The Labute approximate surface area is 154 Å². The first-order valence-electron chi connectivity index (χ1n) is 8.19. The van der Waals surface area contributed by atoms with Crippen LogP contribution in [0, 0.1) is 0 Å². The van der Waals surface area contributed by atoms with Crippen molar-refractivity contribution in [3.8, 4) is 0 Å². The maximum absolute atomic E-state index is 11.7. The average molecular weight is 403 g/mol. The van der Waals surface area contributed by atoms with Crippen molar-refractivity contribution in [2.45, 2.75) is 23.8 Å². The Kier molecular flexibility index (Phi) is 4.41. The fourth-order valence-corrected chi connectivity index (χ4v) is 5.17. The van der Waals surface area contributed by atoms with Gasteiger partial charge in [0.2, 0.25) is 0 Å². The predicted octanol–water partition coefficient (Wildman–Crippen LogP) is 4.01. The highest BCUT2D eigenvalue weighted by atomic mass is 79.9. The van der Waals surface area contributed by atoms with Gasteiger partial charge < -0.3 is 10.0 Å². The molecule has 2 aromatic carbocycles. The van der Waals surface area contributed by atoms with E-state index >= 15 is 0 Å². The summed E-state index contributed by atoms with van der Waals surface area (Å²) in [6.07, 6.45) is 1.87. The van der Waals surface area contributed by atoms with Crippen LogP contribution in [-0.2, 0) is 12.1 Å². The number of hydrogen-bond donors (Lipinski definition) is 1. The van der Waals surface area contributed by atoms with Gasteiger partial charge in [-0.15, -0.1) is 0 Å². The Morgan fingerprint density at radius 1 is 1.17 bits per heavy atom. The summed E-state index contributed by atoms with van der Waals surface area (Å²) in [5.41, 5.74) is 1.28. The van der Waals surface area contributed by atoms with Crippen LogP contribution >= 0.6 is 27.7 Å². The van der Waals surface area contributed by atoms with Crippen molar-refractivity contribution in [1.82, 2.24) is 4.90 Å². The van der Waals surface area contributed by atoms with Gasteiger partial charge in [0.1, 0.15) is 0 Å². The molecule has 0 saturated carbocycles. The van der Waals surface area contributed by atoms with Gasteiger partial charge in [-0.3, -0.25) is 4.99 Å². The summed E-state index contributed by atoms with van der Waals surface area (Å²) in [5, 5.41) is 12.7. The highest BCUT2D eigenvalue weighted by molar-refractivity contribution is 9.10. The molecule has 0 spiro atoms. The quantitative estimate of drug-likeness (QED) is 0.838. The second kappa shape index (κ2) is 6.54. The molecule has 1 fully saturated rings. The van der Waals surface area contributed by atoms with Crippen LogP contribution in [0.1, 0.15) is 17.5 Å². The Morgan fingerprint density at radius 3 is 2.67 bits per heavy atom. The largest absolute Gasteiger partial charge is 0.366 e. The molecule has 2 aliphatic rings. The molecule has 124 valence electrons. The molecule has 4 rings (SSSR count). The molecule has 2 aromatic rings. The van der Waals surface area contributed by atoms with Crippen molar-refractivity contribution in [3.63, 3.8) is 0 Å². The average Bonchev–Trinajstić information content (AvgIpc) is 3.17. The van der Waals surface area contributed by atoms with E-state index < -0.39 is 5.72 Å². The summed E-state index contributed by atoms with van der Waals surface area (Å²) in [7, 11) is 0. The first kappa shape index (κ1) is 16.2. The number of aryl methyl sites for hydroxylation is 1. The Balaban J connectivity index is 1.63. The lowest BCUT2D eigenvalue weighted by molar-refractivity contribution is -0.0671. The first-order valence-corrected chi connectivity index (χ1v) is 9.86. The molecule has 1 N–H and O–H groups in total. The van der Waals surface area contributed by atoms with E-state index in [0.717, 1.165) is 41.1 Å². The number of aliphatic hydroxyl groups is 1. The van der Waals surface area contributed by atoms with Crippen LogP contribution in [0.3, 0.4) is 0 Å². The molecule has 2 heterocycles. The van der Waals surface area contributed by atoms with Crippen LogP contribution in [0.25, 0.3) is 0 Å². The molecule has 0 amide bonds. The summed E-state index contributed by atoms with van der Waals surface area (Å²) < 4.78 is 1.02. The van der Waals surface area contributed by atoms with Crippen molar-refractivity contribution in [3.05, 3.63) is 70.2 Å². The standard InChI is InChI=1S/C19H19BrN2OS/c20-16-9-7-15(8-10-16)19(23)17(24-18-21-12-13-22(18)19)11-6-14-4-2-1-3-5-14/h1-5,7-10,17,23H,6,11-13H2. The maximum Gasteiger partial charge on any atom is 0.178 e. The first-order chi connectivity index (χ1) is 11.7. The number of nitrogens with zero attached hydrogens (tertiary/aromatic N) is 2. The molecule has 1 saturated heterocycles. The predicted molar refractivity (Wildman–Crippen MR) is 103 cm³/mol. The van der Waals surface area contributed by atoms with Crippen LogP contribution < -0.4 is 0 Å². The minimum Gasteiger partial charge on any atom is -0.366 e. The molecule has 2 aliphatic heterocycles. The smallest absolute Gasteiger partial charge is 0.178 e. The summed E-state index contributed by atoms with van der Waals surface area (Å²) in [6, 6.07) is 18.5. The van der Waals surface area contributed by atoms with Crippen LogP contribution in [0.4, 0.5) is 0 Å². The number of fused-ring (bicyclic) bond motifs is 1. The number of amidine groups is 1. The van der Waals surface area contributed by atoms with E-state index in [1.165, 1.54) is 5.56 Å². The van der Waals surface area contributed by atoms with Gasteiger partial charge in [0.05, 0.1) is 11.8 Å². The highest BCUT2D eigenvalue weighted by Crippen LogP contribution is 2.48. The number of rotatable bonds is 4. The molecule has 24 heavy (non-hydrogen) atoms. The van der Waals surface area contributed by atoms with Gasteiger partial charge in [0.15, 0.2) is 10.9 Å². The van der Waals surface area contributed by atoms with Crippen molar-refractivity contribution in [2.75, 3.05) is 13.1 Å². The van der Waals surface area contributed by atoms with Gasteiger partial charge in [0.25, 0.3) is 0 Å². The van der Waals surface area contributed by atoms with Gasteiger partial charge >= 0.3 is 0 Å². The zero-order valence-corrected chi connectivity index (χ0v) is 15.6. The van der Waals surface area contributed by atoms with E-state index in [1.54, 1.807) is 11.8 Å². The number of aliphatic imine (C=N–C) groups is 1. The lowest BCUT2D eigenvalue weighted by Crippen LogP contribution is -2.48. The van der Waals surface area contributed by atoms with Crippen molar-refractivity contribution in [1.29, 1.82) is 0 Å². The fraction of sp³-hybridized carbons (Fsp3) is 0.316. The number of halogens is 1. The van der Waals surface area contributed by atoms with Crippen LogP contribution in [-0.4, -0.2) is 33.5 Å². The number of hydrogen-bond acceptors (Lipinski definition) is 4. The summed E-state index contributed by atoms with van der Waals surface area (Å²) in [4.78, 5) is 6.66. The number of benzene rings is 2. The Morgan fingerprint density at radius 2 is 1.92 bits per heavy atom. The zero-order valence-electron chi connectivity index (χ0n) is 13.2. The summed E-state index contributed by atoms with van der Waals surface area (Å²) in [6.45, 7) is 1.56. The Hall–Kier alpha value is -1.30. The van der Waals surface area contributed by atoms with E-state index in [1.807, 2.05) is 30.3 Å². The third-order valence-corrected chi connectivity index (χ3v) is 6.65. The molecule has 2 atom stereocenters. The minimum atomic E-state index is -0.977.